The first-order valence-corrected chi connectivity index (χ1v) is 9.73. The maximum Gasteiger partial charge on any atom is 0.410 e. The Morgan fingerprint density at radius 3 is 2.47 bits per heavy atom. The van der Waals surface area contributed by atoms with Crippen molar-refractivity contribution in [2.45, 2.75) is 45.3 Å². The van der Waals surface area contributed by atoms with Crippen LogP contribution in [0, 0.1) is 17.1 Å². The number of carbonyl (C=O) groups excluding carboxylic acids is 1. The topological polar surface area (TPSA) is 84.6 Å². The minimum atomic E-state index is -0.682. The Kier molecular flexibility index (Phi) is 6.11. The van der Waals surface area contributed by atoms with Crippen LogP contribution in [0.4, 0.5) is 9.18 Å². The van der Waals surface area contributed by atoms with E-state index in [9.17, 15) is 14.0 Å². The van der Waals surface area contributed by atoms with Crippen LogP contribution >= 0.6 is 0 Å². The summed E-state index contributed by atoms with van der Waals surface area (Å²) >= 11 is 0. The molecule has 1 saturated heterocycles. The highest BCUT2D eigenvalue weighted by Crippen LogP contribution is 2.20. The molecule has 0 radical (unpaired) electrons. The molecule has 0 bridgehead atoms. The molecule has 1 aromatic carbocycles. The van der Waals surface area contributed by atoms with Crippen molar-refractivity contribution >= 4 is 6.09 Å². The van der Waals surface area contributed by atoms with Gasteiger partial charge in [0.1, 0.15) is 29.3 Å². The molecule has 3 rings (SSSR count). The van der Waals surface area contributed by atoms with Crippen LogP contribution < -0.4 is 10.3 Å². The highest BCUT2D eigenvalue weighted by atomic mass is 19.1. The lowest BCUT2D eigenvalue weighted by molar-refractivity contribution is 0.0126. The van der Waals surface area contributed by atoms with Gasteiger partial charge in [0.25, 0.3) is 5.56 Å². The number of hydrogen-bond donors (Lipinski definition) is 0. The van der Waals surface area contributed by atoms with Crippen molar-refractivity contribution in [3.8, 4) is 17.5 Å². The lowest BCUT2D eigenvalue weighted by Gasteiger charge is -2.33. The fraction of sp³-hybridized carbons (Fsp3) is 0.409. The molecule has 8 heteroatoms. The fourth-order valence-electron chi connectivity index (χ4n) is 3.17. The predicted molar refractivity (Wildman–Crippen MR) is 108 cm³/mol. The largest absolute Gasteiger partial charge is 0.490 e. The summed E-state index contributed by atoms with van der Waals surface area (Å²) in [5.74, 6) is -0.264. The Bertz CT molecular complexity index is 1030. The molecule has 1 aliphatic heterocycles. The molecule has 0 spiro atoms. The van der Waals surface area contributed by atoms with Crippen LogP contribution in [0.3, 0.4) is 0 Å². The van der Waals surface area contributed by atoms with Gasteiger partial charge in [-0.3, -0.25) is 9.36 Å². The number of amides is 1. The number of aromatic nitrogens is 1. The van der Waals surface area contributed by atoms with Gasteiger partial charge in [0, 0.05) is 38.2 Å². The molecule has 30 heavy (non-hydrogen) atoms. The number of nitrogens with zero attached hydrogens (tertiary/aromatic N) is 3. The molecule has 1 fully saturated rings. The third-order valence-corrected chi connectivity index (χ3v) is 4.64. The van der Waals surface area contributed by atoms with Crippen LogP contribution in [0.25, 0.3) is 5.69 Å². The molecule has 0 N–H and O–H groups in total. The standard InChI is InChI=1S/C22H24FN3O4/c1-22(2,3)30-21(28)25-9-6-17(7-10-25)29-18-8-11-26(20(27)13-18)16-5-4-15(14-24)19(23)12-16/h4-5,8,11-13,17H,6-7,9-10H2,1-3H3. The van der Waals surface area contributed by atoms with E-state index in [1.54, 1.807) is 17.0 Å². The lowest BCUT2D eigenvalue weighted by Crippen LogP contribution is -2.44. The van der Waals surface area contributed by atoms with Crippen molar-refractivity contribution in [3.63, 3.8) is 0 Å². The van der Waals surface area contributed by atoms with Gasteiger partial charge in [0.05, 0.1) is 11.3 Å². The molecule has 0 saturated carbocycles. The first-order valence-electron chi connectivity index (χ1n) is 9.73. The second-order valence-electron chi connectivity index (χ2n) is 8.13. The highest BCUT2D eigenvalue weighted by Gasteiger charge is 2.27. The minimum absolute atomic E-state index is 0.0792. The van der Waals surface area contributed by atoms with E-state index >= 15 is 0 Å². The fourth-order valence-corrected chi connectivity index (χ4v) is 3.17. The zero-order valence-corrected chi connectivity index (χ0v) is 17.2. The molecule has 0 atom stereocenters. The van der Waals surface area contributed by atoms with Crippen LogP contribution in [-0.4, -0.2) is 40.4 Å². The quantitative estimate of drug-likeness (QED) is 0.767. The number of benzene rings is 1. The van der Waals surface area contributed by atoms with Crippen LogP contribution in [0.1, 0.15) is 39.2 Å². The summed E-state index contributed by atoms with van der Waals surface area (Å²) in [6.45, 7) is 6.52. The van der Waals surface area contributed by atoms with Gasteiger partial charge in [-0.1, -0.05) is 0 Å². The van der Waals surface area contributed by atoms with Crippen molar-refractivity contribution in [2.24, 2.45) is 0 Å². The van der Waals surface area contributed by atoms with Crippen LogP contribution in [0.2, 0.25) is 0 Å². The summed E-state index contributed by atoms with van der Waals surface area (Å²) in [4.78, 5) is 26.2. The molecular weight excluding hydrogens is 389 g/mol. The number of piperidine rings is 1. The number of rotatable bonds is 3. The smallest absolute Gasteiger partial charge is 0.410 e. The van der Waals surface area contributed by atoms with Gasteiger partial charge in [0.2, 0.25) is 0 Å². The van der Waals surface area contributed by atoms with Crippen molar-refractivity contribution in [1.82, 2.24) is 9.47 Å². The second kappa shape index (κ2) is 8.57. The normalized spacial score (nSPS) is 14.8. The average Bonchev–Trinajstić information content (AvgIpc) is 2.67. The van der Waals surface area contributed by atoms with Crippen molar-refractivity contribution in [3.05, 3.63) is 58.3 Å². The molecule has 7 nitrogen and oxygen atoms in total. The Balaban J connectivity index is 1.62. The summed E-state index contributed by atoms with van der Waals surface area (Å²) in [6.07, 6.45) is 2.31. The Hall–Kier alpha value is -3.34. The van der Waals surface area contributed by atoms with Gasteiger partial charge >= 0.3 is 6.09 Å². The molecule has 0 unspecified atom stereocenters. The molecule has 1 amide bonds. The number of nitriles is 1. The zero-order valence-electron chi connectivity index (χ0n) is 17.2. The molecule has 0 aliphatic carbocycles. The van der Waals surface area contributed by atoms with E-state index in [4.69, 9.17) is 14.7 Å². The van der Waals surface area contributed by atoms with Gasteiger partial charge in [-0.05, 0) is 45.0 Å². The lowest BCUT2D eigenvalue weighted by atomic mass is 10.1. The predicted octanol–water partition coefficient (Wildman–Crippen LogP) is 3.63. The molecule has 1 aliphatic rings. The van der Waals surface area contributed by atoms with Crippen molar-refractivity contribution in [2.75, 3.05) is 13.1 Å². The first-order chi connectivity index (χ1) is 14.2. The van der Waals surface area contributed by atoms with E-state index in [-0.39, 0.29) is 23.3 Å². The minimum Gasteiger partial charge on any atom is -0.490 e. The number of halogens is 1. The summed E-state index contributed by atoms with van der Waals surface area (Å²) < 4.78 is 26.4. The van der Waals surface area contributed by atoms with Gasteiger partial charge in [-0.2, -0.15) is 5.26 Å². The molecular formula is C22H24FN3O4. The summed E-state index contributed by atoms with van der Waals surface area (Å²) in [5.41, 5.74) is -0.660. The SMILES string of the molecule is CC(C)(C)OC(=O)N1CCC(Oc2ccn(-c3ccc(C#N)c(F)c3)c(=O)c2)CC1. The number of pyridine rings is 1. The number of hydrogen-bond acceptors (Lipinski definition) is 5. The van der Waals surface area contributed by atoms with Crippen LogP contribution in [0.5, 0.6) is 5.75 Å². The van der Waals surface area contributed by atoms with E-state index in [2.05, 4.69) is 0 Å². The van der Waals surface area contributed by atoms with E-state index in [1.807, 2.05) is 20.8 Å². The monoisotopic (exact) mass is 413 g/mol. The third kappa shape index (κ3) is 5.17. The van der Waals surface area contributed by atoms with Crippen LogP contribution in [0.15, 0.2) is 41.3 Å². The van der Waals surface area contributed by atoms with Gasteiger partial charge < -0.3 is 14.4 Å². The van der Waals surface area contributed by atoms with Gasteiger partial charge in [0.15, 0.2) is 0 Å². The molecule has 158 valence electrons. The Morgan fingerprint density at radius 2 is 1.90 bits per heavy atom. The number of ether oxygens (including phenoxy) is 2. The number of likely N-dealkylation sites (tertiary alicyclic amines) is 1. The average molecular weight is 413 g/mol. The summed E-state index contributed by atoms with van der Waals surface area (Å²) in [5, 5.41) is 8.82. The van der Waals surface area contributed by atoms with Crippen molar-refractivity contribution < 1.29 is 18.7 Å². The van der Waals surface area contributed by atoms with E-state index < -0.39 is 11.4 Å². The zero-order chi connectivity index (χ0) is 21.9. The van der Waals surface area contributed by atoms with Crippen molar-refractivity contribution in [1.29, 1.82) is 5.26 Å². The highest BCUT2D eigenvalue weighted by molar-refractivity contribution is 5.68. The number of carbonyl (C=O) groups is 1. The van der Waals surface area contributed by atoms with E-state index in [0.29, 0.717) is 37.4 Å². The maximum absolute atomic E-state index is 13.8. The molecule has 1 aromatic heterocycles. The van der Waals surface area contributed by atoms with E-state index in [1.165, 1.54) is 29.0 Å². The van der Waals surface area contributed by atoms with Gasteiger partial charge in [-0.25, -0.2) is 9.18 Å². The molecule has 2 aromatic rings. The second-order valence-corrected chi connectivity index (χ2v) is 8.13. The third-order valence-electron chi connectivity index (χ3n) is 4.64. The van der Waals surface area contributed by atoms with Gasteiger partial charge in [-0.15, -0.1) is 0 Å². The van der Waals surface area contributed by atoms with Crippen LogP contribution in [-0.2, 0) is 4.74 Å². The maximum atomic E-state index is 13.8. The molecule has 2 heterocycles. The van der Waals surface area contributed by atoms with E-state index in [0.717, 1.165) is 6.07 Å². The summed E-state index contributed by atoms with van der Waals surface area (Å²) in [6, 6.07) is 8.72. The Labute approximate surface area is 174 Å². The summed E-state index contributed by atoms with van der Waals surface area (Å²) in [7, 11) is 0. The first kappa shape index (κ1) is 21.4. The Morgan fingerprint density at radius 1 is 1.20 bits per heavy atom.